The van der Waals surface area contributed by atoms with Crippen LogP contribution in [0.2, 0.25) is 0 Å². The van der Waals surface area contributed by atoms with Crippen molar-refractivity contribution in [3.63, 3.8) is 0 Å². The Kier molecular flexibility index (Phi) is 5.63. The van der Waals surface area contributed by atoms with Gasteiger partial charge in [0, 0.05) is 49.5 Å². The van der Waals surface area contributed by atoms with Crippen LogP contribution in [0, 0.1) is 5.92 Å². The molecule has 0 atom stereocenters. The topological polar surface area (TPSA) is 55.4 Å². The number of nitrogens with zero attached hydrogens (tertiary/aromatic N) is 3. The number of pyridine rings is 1. The van der Waals surface area contributed by atoms with E-state index in [2.05, 4.69) is 38.1 Å². The SMILES string of the molecule is Oc1ccc2[nH]cc(C3CCC(CCN4CCN(c5ccccn5)CC4)CC3)c2c1. The molecule has 0 unspecified atom stereocenters. The number of hydrogen-bond donors (Lipinski definition) is 2. The number of aromatic hydroxyl groups is 1. The Balaban J connectivity index is 1.08. The number of anilines is 1. The number of piperazine rings is 1. The minimum absolute atomic E-state index is 0.361. The van der Waals surface area contributed by atoms with Crippen molar-refractivity contribution in [2.24, 2.45) is 5.92 Å². The van der Waals surface area contributed by atoms with Gasteiger partial charge in [-0.3, -0.25) is 4.90 Å². The van der Waals surface area contributed by atoms with Crippen LogP contribution in [-0.2, 0) is 0 Å². The number of fused-ring (bicyclic) bond motifs is 1. The summed E-state index contributed by atoms with van der Waals surface area (Å²) in [5, 5.41) is 11.1. The van der Waals surface area contributed by atoms with Gasteiger partial charge in [0.1, 0.15) is 11.6 Å². The molecule has 1 saturated heterocycles. The van der Waals surface area contributed by atoms with Gasteiger partial charge in [-0.25, -0.2) is 4.98 Å². The van der Waals surface area contributed by atoms with Gasteiger partial charge in [-0.05, 0) is 86.4 Å². The van der Waals surface area contributed by atoms with Crippen LogP contribution in [0.25, 0.3) is 10.9 Å². The highest BCUT2D eigenvalue weighted by Gasteiger charge is 2.25. The molecule has 0 bridgehead atoms. The predicted octanol–water partition coefficient (Wildman–Crippen LogP) is 4.75. The van der Waals surface area contributed by atoms with Gasteiger partial charge in [0.05, 0.1) is 0 Å². The lowest BCUT2D eigenvalue weighted by molar-refractivity contribution is 0.216. The summed E-state index contributed by atoms with van der Waals surface area (Å²) < 4.78 is 0. The van der Waals surface area contributed by atoms with Crippen molar-refractivity contribution in [3.8, 4) is 5.75 Å². The standard InChI is InChI=1S/C25H32N4O/c30-21-8-9-24-22(17-21)23(18-27-24)20-6-4-19(5-7-20)10-12-28-13-15-29(16-14-28)25-3-1-2-11-26-25/h1-3,8-9,11,17-20,27,30H,4-7,10,12-16H2. The van der Waals surface area contributed by atoms with Crippen molar-refractivity contribution >= 4 is 16.7 Å². The Hall–Kier alpha value is -2.53. The van der Waals surface area contributed by atoms with Gasteiger partial charge in [-0.2, -0.15) is 0 Å². The smallest absolute Gasteiger partial charge is 0.128 e. The van der Waals surface area contributed by atoms with E-state index in [-0.39, 0.29) is 0 Å². The van der Waals surface area contributed by atoms with Crippen LogP contribution in [0.1, 0.15) is 43.6 Å². The molecule has 5 heteroatoms. The molecule has 2 aromatic heterocycles. The lowest BCUT2D eigenvalue weighted by Crippen LogP contribution is -2.47. The number of aromatic amines is 1. The molecule has 5 nitrogen and oxygen atoms in total. The second kappa shape index (κ2) is 8.68. The van der Waals surface area contributed by atoms with Crippen molar-refractivity contribution < 1.29 is 5.11 Å². The Bertz CT molecular complexity index is 954. The molecule has 0 amide bonds. The number of phenols is 1. The van der Waals surface area contributed by atoms with Crippen molar-refractivity contribution in [2.75, 3.05) is 37.6 Å². The van der Waals surface area contributed by atoms with E-state index < -0.39 is 0 Å². The third-order valence-corrected chi connectivity index (χ3v) is 7.18. The van der Waals surface area contributed by atoms with Crippen LogP contribution >= 0.6 is 0 Å². The first-order valence-electron chi connectivity index (χ1n) is 11.4. The molecule has 3 heterocycles. The van der Waals surface area contributed by atoms with Gasteiger partial charge in [0.25, 0.3) is 0 Å². The zero-order valence-electron chi connectivity index (χ0n) is 17.6. The molecule has 2 fully saturated rings. The van der Waals surface area contributed by atoms with E-state index in [0.29, 0.717) is 11.7 Å². The van der Waals surface area contributed by atoms with Crippen LogP contribution in [-0.4, -0.2) is 52.7 Å². The Morgan fingerprint density at radius 2 is 1.83 bits per heavy atom. The summed E-state index contributed by atoms with van der Waals surface area (Å²) in [4.78, 5) is 12.9. The summed E-state index contributed by atoms with van der Waals surface area (Å²) in [7, 11) is 0. The van der Waals surface area contributed by atoms with Gasteiger partial charge in [0.2, 0.25) is 0 Å². The fourth-order valence-corrected chi connectivity index (χ4v) is 5.34. The molecule has 3 aromatic rings. The van der Waals surface area contributed by atoms with Crippen LogP contribution in [0.3, 0.4) is 0 Å². The van der Waals surface area contributed by atoms with E-state index in [1.54, 1.807) is 6.07 Å². The molecule has 2 N–H and O–H groups in total. The molecule has 1 aliphatic carbocycles. The fraction of sp³-hybridized carbons (Fsp3) is 0.480. The third-order valence-electron chi connectivity index (χ3n) is 7.18. The molecule has 0 radical (unpaired) electrons. The molecule has 0 spiro atoms. The second-order valence-corrected chi connectivity index (χ2v) is 9.00. The number of nitrogens with one attached hydrogen (secondary N) is 1. The van der Waals surface area contributed by atoms with Crippen LogP contribution < -0.4 is 4.90 Å². The number of H-pyrrole nitrogens is 1. The fourth-order valence-electron chi connectivity index (χ4n) is 5.34. The molecule has 5 rings (SSSR count). The van der Waals surface area contributed by atoms with Crippen molar-refractivity contribution in [3.05, 3.63) is 54.4 Å². The first kappa shape index (κ1) is 19.4. The number of phenolic OH excluding ortho intramolecular Hbond substituents is 1. The predicted molar refractivity (Wildman–Crippen MR) is 122 cm³/mol. The molecule has 30 heavy (non-hydrogen) atoms. The molecular weight excluding hydrogens is 372 g/mol. The quantitative estimate of drug-likeness (QED) is 0.644. The summed E-state index contributed by atoms with van der Waals surface area (Å²) in [5.74, 6) is 2.95. The lowest BCUT2D eigenvalue weighted by Gasteiger charge is -2.36. The van der Waals surface area contributed by atoms with E-state index >= 15 is 0 Å². The Labute approximate surface area is 178 Å². The van der Waals surface area contributed by atoms with Crippen molar-refractivity contribution in [1.29, 1.82) is 0 Å². The van der Waals surface area contributed by atoms with E-state index in [0.717, 1.165) is 43.4 Å². The molecule has 158 valence electrons. The highest BCUT2D eigenvalue weighted by Crippen LogP contribution is 2.40. The van der Waals surface area contributed by atoms with Gasteiger partial charge < -0.3 is 15.0 Å². The first-order chi connectivity index (χ1) is 14.8. The van der Waals surface area contributed by atoms with E-state index in [4.69, 9.17) is 0 Å². The number of hydrogen-bond acceptors (Lipinski definition) is 4. The van der Waals surface area contributed by atoms with Crippen LogP contribution in [0.4, 0.5) is 5.82 Å². The highest BCUT2D eigenvalue weighted by molar-refractivity contribution is 5.85. The maximum atomic E-state index is 9.86. The van der Waals surface area contributed by atoms with Crippen LogP contribution in [0.15, 0.2) is 48.8 Å². The van der Waals surface area contributed by atoms with Crippen LogP contribution in [0.5, 0.6) is 5.75 Å². The minimum Gasteiger partial charge on any atom is -0.508 e. The largest absolute Gasteiger partial charge is 0.508 e. The van der Waals surface area contributed by atoms with Gasteiger partial charge >= 0.3 is 0 Å². The number of aromatic nitrogens is 2. The van der Waals surface area contributed by atoms with Gasteiger partial charge in [-0.15, -0.1) is 0 Å². The number of benzene rings is 1. The molecule has 1 saturated carbocycles. The zero-order chi connectivity index (χ0) is 20.3. The van der Waals surface area contributed by atoms with Gasteiger partial charge in [-0.1, -0.05) is 6.07 Å². The van der Waals surface area contributed by atoms with Gasteiger partial charge in [0.15, 0.2) is 0 Å². The molecular formula is C25H32N4O. The summed E-state index contributed by atoms with van der Waals surface area (Å²) in [5.41, 5.74) is 2.53. The monoisotopic (exact) mass is 404 g/mol. The summed E-state index contributed by atoms with van der Waals surface area (Å²) in [6.45, 7) is 5.68. The van der Waals surface area contributed by atoms with E-state index in [1.165, 1.54) is 49.6 Å². The van der Waals surface area contributed by atoms with Crippen molar-refractivity contribution in [2.45, 2.75) is 38.0 Å². The molecule has 1 aliphatic heterocycles. The van der Waals surface area contributed by atoms with Crippen molar-refractivity contribution in [1.82, 2.24) is 14.9 Å². The average Bonchev–Trinajstić information content (AvgIpc) is 3.22. The highest BCUT2D eigenvalue weighted by atomic mass is 16.3. The average molecular weight is 405 g/mol. The normalized spacial score (nSPS) is 23.1. The summed E-state index contributed by atoms with van der Waals surface area (Å²) >= 11 is 0. The first-order valence-corrected chi connectivity index (χ1v) is 11.4. The molecule has 1 aromatic carbocycles. The Morgan fingerprint density at radius 3 is 2.60 bits per heavy atom. The van der Waals surface area contributed by atoms with E-state index in [1.807, 2.05) is 24.4 Å². The molecule has 2 aliphatic rings. The zero-order valence-corrected chi connectivity index (χ0v) is 17.6. The minimum atomic E-state index is 0.361. The Morgan fingerprint density at radius 1 is 1.00 bits per heavy atom. The maximum Gasteiger partial charge on any atom is 0.128 e. The van der Waals surface area contributed by atoms with E-state index in [9.17, 15) is 5.11 Å². The third kappa shape index (κ3) is 4.17. The lowest BCUT2D eigenvalue weighted by atomic mass is 9.77. The number of rotatable bonds is 5. The summed E-state index contributed by atoms with van der Waals surface area (Å²) in [6, 6.07) is 11.8. The maximum absolute atomic E-state index is 9.86. The second-order valence-electron chi connectivity index (χ2n) is 9.00. The summed E-state index contributed by atoms with van der Waals surface area (Å²) in [6.07, 6.45) is 10.5.